The van der Waals surface area contributed by atoms with Crippen LogP contribution in [0.1, 0.15) is 24.5 Å². The van der Waals surface area contributed by atoms with Crippen LogP contribution in [0.4, 0.5) is 11.4 Å². The molecule has 0 aliphatic carbocycles. The molecule has 0 amide bonds. The molecule has 0 aromatic heterocycles. The van der Waals surface area contributed by atoms with Crippen LogP contribution in [0.25, 0.3) is 0 Å². The number of anilines is 2. The number of carbonyl (C=O) groups excluding carboxylic acids is 1. The van der Waals surface area contributed by atoms with Crippen molar-refractivity contribution in [2.45, 2.75) is 27.2 Å². The topological polar surface area (TPSA) is 98.5 Å². The largest absolute Gasteiger partial charge is 0.466 e. The van der Waals surface area contributed by atoms with Gasteiger partial charge in [0.05, 0.1) is 30.2 Å². The number of aryl methyl sites for hydroxylation is 1. The average molecular weight is 300 g/mol. The molecule has 0 saturated heterocycles. The molecule has 1 aromatic rings. The molecule has 3 N–H and O–H groups in total. The number of nitrogens with one attached hydrogen (secondary N) is 1. The second-order valence-corrected chi connectivity index (χ2v) is 6.29. The first-order chi connectivity index (χ1) is 9.26. The third-order valence-corrected chi connectivity index (χ3v) is 4.16. The molecular weight excluding hydrogens is 280 g/mol. The maximum Gasteiger partial charge on any atom is 0.306 e. The number of nitrogens with two attached hydrogens (primary N) is 1. The van der Waals surface area contributed by atoms with E-state index in [1.165, 1.54) is 0 Å². The van der Waals surface area contributed by atoms with E-state index in [1.807, 2.05) is 13.0 Å². The molecular formula is C13H20N2O4S. The van der Waals surface area contributed by atoms with Gasteiger partial charge in [0.1, 0.15) is 0 Å². The van der Waals surface area contributed by atoms with E-state index in [9.17, 15) is 13.2 Å². The van der Waals surface area contributed by atoms with E-state index in [1.54, 1.807) is 19.9 Å². The minimum atomic E-state index is -3.64. The molecule has 0 heterocycles. The van der Waals surface area contributed by atoms with Gasteiger partial charge in [-0.05, 0) is 38.0 Å². The Bertz CT molecular complexity index is 597. The first-order valence-corrected chi connectivity index (χ1v) is 7.94. The summed E-state index contributed by atoms with van der Waals surface area (Å²) in [5, 5.41) is 0. The summed E-state index contributed by atoms with van der Waals surface area (Å²) in [4.78, 5) is 11.2. The molecule has 0 saturated carbocycles. The molecule has 1 rings (SSSR count). The highest BCUT2D eigenvalue weighted by Crippen LogP contribution is 2.26. The normalized spacial score (nSPS) is 11.2. The fraction of sp³-hybridized carbons (Fsp3) is 0.462. The summed E-state index contributed by atoms with van der Waals surface area (Å²) in [5.41, 5.74) is 8.21. The lowest BCUT2D eigenvalue weighted by Gasteiger charge is -2.14. The van der Waals surface area contributed by atoms with Crippen molar-refractivity contribution in [1.82, 2.24) is 0 Å². The Hall–Kier alpha value is -1.76. The lowest BCUT2D eigenvalue weighted by atomic mass is 10.1. The van der Waals surface area contributed by atoms with Crippen molar-refractivity contribution in [3.63, 3.8) is 0 Å². The maximum absolute atomic E-state index is 11.9. The van der Waals surface area contributed by atoms with Crippen molar-refractivity contribution in [3.05, 3.63) is 23.3 Å². The molecule has 0 atom stereocenters. The van der Waals surface area contributed by atoms with Gasteiger partial charge >= 0.3 is 5.97 Å². The van der Waals surface area contributed by atoms with Gasteiger partial charge in [0.15, 0.2) is 0 Å². The predicted octanol–water partition coefficient (Wildman–Crippen LogP) is 1.58. The van der Waals surface area contributed by atoms with E-state index in [0.29, 0.717) is 11.4 Å². The fourth-order valence-electron chi connectivity index (χ4n) is 1.63. The molecule has 0 spiro atoms. The number of nitrogen functional groups attached to an aromatic ring is 1. The minimum absolute atomic E-state index is 0.187. The SMILES string of the molecule is CCOC(=O)CCS(=O)(=O)Nc1c(N)ccc(C)c1C. The van der Waals surface area contributed by atoms with Crippen LogP contribution in [0.3, 0.4) is 0 Å². The lowest BCUT2D eigenvalue weighted by Crippen LogP contribution is -2.21. The molecule has 7 heteroatoms. The molecule has 0 aliphatic heterocycles. The Balaban J connectivity index is 2.82. The van der Waals surface area contributed by atoms with Crippen molar-refractivity contribution in [3.8, 4) is 0 Å². The smallest absolute Gasteiger partial charge is 0.306 e. The van der Waals surface area contributed by atoms with E-state index in [-0.39, 0.29) is 18.8 Å². The Kier molecular flexibility index (Phi) is 5.38. The first kappa shape index (κ1) is 16.3. The number of sulfonamides is 1. The quantitative estimate of drug-likeness (QED) is 0.614. The summed E-state index contributed by atoms with van der Waals surface area (Å²) < 4.78 is 31.0. The van der Waals surface area contributed by atoms with Crippen LogP contribution in [-0.4, -0.2) is 26.7 Å². The molecule has 0 aliphatic rings. The molecule has 20 heavy (non-hydrogen) atoms. The molecule has 1 aromatic carbocycles. The van der Waals surface area contributed by atoms with Gasteiger partial charge < -0.3 is 10.5 Å². The number of hydrogen-bond donors (Lipinski definition) is 2. The number of ether oxygens (including phenoxy) is 1. The summed E-state index contributed by atoms with van der Waals surface area (Å²) in [5.74, 6) is -0.870. The number of benzene rings is 1. The van der Waals surface area contributed by atoms with Crippen LogP contribution < -0.4 is 10.5 Å². The third-order valence-electron chi connectivity index (χ3n) is 2.91. The van der Waals surface area contributed by atoms with Crippen LogP contribution in [0.2, 0.25) is 0 Å². The molecule has 112 valence electrons. The predicted molar refractivity (Wildman–Crippen MR) is 79.0 cm³/mol. The van der Waals surface area contributed by atoms with Gasteiger partial charge in [-0.3, -0.25) is 9.52 Å². The Labute approximate surface area is 119 Å². The van der Waals surface area contributed by atoms with Crippen LogP contribution in [-0.2, 0) is 19.6 Å². The highest BCUT2D eigenvalue weighted by Gasteiger charge is 2.17. The molecule has 0 fully saturated rings. The molecule has 0 radical (unpaired) electrons. The Morgan fingerprint density at radius 2 is 2.00 bits per heavy atom. The van der Waals surface area contributed by atoms with Crippen molar-refractivity contribution in [1.29, 1.82) is 0 Å². The standard InChI is InChI=1S/C13H20N2O4S/c1-4-19-12(16)7-8-20(17,18)15-13-10(3)9(2)5-6-11(13)14/h5-6,15H,4,7-8,14H2,1-3H3. The number of rotatable bonds is 6. The number of hydrogen-bond acceptors (Lipinski definition) is 5. The summed E-state index contributed by atoms with van der Waals surface area (Å²) in [6.45, 7) is 5.55. The van der Waals surface area contributed by atoms with Crippen molar-refractivity contribution < 1.29 is 17.9 Å². The third kappa shape index (κ3) is 4.41. The second kappa shape index (κ2) is 6.60. The molecule has 0 unspecified atom stereocenters. The number of carbonyl (C=O) groups is 1. The van der Waals surface area contributed by atoms with E-state index in [2.05, 4.69) is 4.72 Å². The minimum Gasteiger partial charge on any atom is -0.466 e. The van der Waals surface area contributed by atoms with Crippen LogP contribution >= 0.6 is 0 Å². The summed E-state index contributed by atoms with van der Waals surface area (Å²) in [6.07, 6.45) is -0.187. The Morgan fingerprint density at radius 1 is 1.35 bits per heavy atom. The van der Waals surface area contributed by atoms with E-state index < -0.39 is 16.0 Å². The highest BCUT2D eigenvalue weighted by atomic mass is 32.2. The highest BCUT2D eigenvalue weighted by molar-refractivity contribution is 7.92. The molecule has 0 bridgehead atoms. The summed E-state index contributed by atoms with van der Waals surface area (Å²) in [7, 11) is -3.64. The van der Waals surface area contributed by atoms with Gasteiger partial charge in [0.25, 0.3) is 0 Å². The zero-order valence-corrected chi connectivity index (χ0v) is 12.7. The number of esters is 1. The van der Waals surface area contributed by atoms with Crippen LogP contribution in [0.5, 0.6) is 0 Å². The second-order valence-electron chi connectivity index (χ2n) is 4.45. The van der Waals surface area contributed by atoms with Gasteiger partial charge in [-0.1, -0.05) is 6.07 Å². The van der Waals surface area contributed by atoms with Crippen LogP contribution in [0.15, 0.2) is 12.1 Å². The van der Waals surface area contributed by atoms with Gasteiger partial charge in [0, 0.05) is 0 Å². The zero-order valence-electron chi connectivity index (χ0n) is 11.9. The summed E-state index contributed by atoms with van der Waals surface area (Å²) >= 11 is 0. The van der Waals surface area contributed by atoms with Gasteiger partial charge in [-0.15, -0.1) is 0 Å². The lowest BCUT2D eigenvalue weighted by molar-refractivity contribution is -0.142. The van der Waals surface area contributed by atoms with Crippen molar-refractivity contribution >= 4 is 27.4 Å². The maximum atomic E-state index is 11.9. The Morgan fingerprint density at radius 3 is 2.60 bits per heavy atom. The average Bonchev–Trinajstić information content (AvgIpc) is 2.38. The first-order valence-electron chi connectivity index (χ1n) is 6.28. The van der Waals surface area contributed by atoms with Crippen molar-refractivity contribution in [2.24, 2.45) is 0 Å². The summed E-state index contributed by atoms with van der Waals surface area (Å²) in [6, 6.07) is 3.46. The van der Waals surface area contributed by atoms with Gasteiger partial charge in [-0.25, -0.2) is 8.42 Å². The van der Waals surface area contributed by atoms with Gasteiger partial charge in [0.2, 0.25) is 10.0 Å². The monoisotopic (exact) mass is 300 g/mol. The van der Waals surface area contributed by atoms with E-state index in [0.717, 1.165) is 11.1 Å². The van der Waals surface area contributed by atoms with Crippen molar-refractivity contribution in [2.75, 3.05) is 22.8 Å². The van der Waals surface area contributed by atoms with Crippen LogP contribution in [0, 0.1) is 13.8 Å². The fourth-order valence-corrected chi connectivity index (χ4v) is 2.75. The molecule has 6 nitrogen and oxygen atoms in total. The zero-order chi connectivity index (χ0) is 15.3. The van der Waals surface area contributed by atoms with Gasteiger partial charge in [-0.2, -0.15) is 0 Å². The van der Waals surface area contributed by atoms with E-state index in [4.69, 9.17) is 10.5 Å². The van der Waals surface area contributed by atoms with E-state index >= 15 is 0 Å².